The number of aromatic nitrogens is 2. The van der Waals surface area contributed by atoms with E-state index in [1.54, 1.807) is 12.3 Å². The van der Waals surface area contributed by atoms with E-state index in [1.165, 1.54) is 6.42 Å². The van der Waals surface area contributed by atoms with E-state index in [1.807, 2.05) is 0 Å². The van der Waals surface area contributed by atoms with Gasteiger partial charge in [-0.3, -0.25) is 0 Å². The third-order valence-electron chi connectivity index (χ3n) is 2.14. The molecule has 58 valence electrons. The topological polar surface area (TPSA) is 51.8 Å². The van der Waals surface area contributed by atoms with Crippen LogP contribution in [-0.2, 0) is 0 Å². The number of nitrogen functional groups attached to an aromatic ring is 1. The fourth-order valence-electron chi connectivity index (χ4n) is 1.25. The third-order valence-corrected chi connectivity index (χ3v) is 2.14. The summed E-state index contributed by atoms with van der Waals surface area (Å²) in [5.74, 6) is 2.81. The maximum atomic E-state index is 5.52. The minimum Gasteiger partial charge on any atom is -0.384 e. The molecule has 1 aliphatic rings. The number of hydrogen-bond acceptors (Lipinski definition) is 3. The van der Waals surface area contributed by atoms with Crippen molar-refractivity contribution in [2.24, 2.45) is 5.92 Å². The van der Waals surface area contributed by atoms with Gasteiger partial charge >= 0.3 is 0 Å². The van der Waals surface area contributed by atoms with Crippen molar-refractivity contribution in [3.05, 3.63) is 18.1 Å². The summed E-state index contributed by atoms with van der Waals surface area (Å²) in [6.07, 6.45) is 2.94. The van der Waals surface area contributed by atoms with Crippen molar-refractivity contribution in [1.82, 2.24) is 9.97 Å². The van der Waals surface area contributed by atoms with Gasteiger partial charge < -0.3 is 5.73 Å². The Kier molecular flexibility index (Phi) is 1.31. The van der Waals surface area contributed by atoms with E-state index in [0.29, 0.717) is 11.7 Å². The Morgan fingerprint density at radius 1 is 1.64 bits per heavy atom. The molecule has 2 N–H and O–H groups in total. The van der Waals surface area contributed by atoms with Crippen molar-refractivity contribution >= 4 is 5.82 Å². The van der Waals surface area contributed by atoms with Crippen molar-refractivity contribution in [1.29, 1.82) is 0 Å². The van der Waals surface area contributed by atoms with Gasteiger partial charge in [-0.05, 0) is 18.4 Å². The van der Waals surface area contributed by atoms with Crippen molar-refractivity contribution < 1.29 is 0 Å². The SMILES string of the molecule is C[C@@H]1C[C@H]1c1nccc(N)n1. The highest BCUT2D eigenvalue weighted by molar-refractivity contribution is 5.27. The molecule has 1 heterocycles. The average molecular weight is 149 g/mol. The first kappa shape index (κ1) is 6.58. The smallest absolute Gasteiger partial charge is 0.134 e. The first-order chi connectivity index (χ1) is 5.27. The first-order valence-electron chi connectivity index (χ1n) is 3.86. The zero-order chi connectivity index (χ0) is 7.84. The molecule has 3 heteroatoms. The molecule has 0 amide bonds. The zero-order valence-electron chi connectivity index (χ0n) is 6.49. The molecule has 2 atom stereocenters. The normalized spacial score (nSPS) is 28.5. The van der Waals surface area contributed by atoms with Gasteiger partial charge in [0.1, 0.15) is 11.6 Å². The van der Waals surface area contributed by atoms with Gasteiger partial charge in [0.05, 0.1) is 0 Å². The minimum absolute atomic E-state index is 0.568. The lowest BCUT2D eigenvalue weighted by Crippen LogP contribution is -1.97. The standard InChI is InChI=1S/C8H11N3/c1-5-4-6(5)8-10-3-2-7(9)11-8/h2-3,5-6H,4H2,1H3,(H2,9,10,11)/t5-,6-/m1/s1. The number of nitrogens with two attached hydrogens (primary N) is 1. The van der Waals surface area contributed by atoms with Gasteiger partial charge in [-0.15, -0.1) is 0 Å². The third kappa shape index (κ3) is 1.18. The molecule has 1 aliphatic carbocycles. The molecule has 0 unspecified atom stereocenters. The van der Waals surface area contributed by atoms with E-state index in [0.717, 1.165) is 11.7 Å². The summed E-state index contributed by atoms with van der Waals surface area (Å²) in [4.78, 5) is 8.31. The second kappa shape index (κ2) is 2.19. The number of nitrogens with zero attached hydrogens (tertiary/aromatic N) is 2. The molecule has 1 fully saturated rings. The summed E-state index contributed by atoms with van der Waals surface area (Å²) < 4.78 is 0. The van der Waals surface area contributed by atoms with Gasteiger partial charge in [-0.25, -0.2) is 9.97 Å². The Labute approximate surface area is 65.7 Å². The van der Waals surface area contributed by atoms with Crippen molar-refractivity contribution in [3.63, 3.8) is 0 Å². The summed E-state index contributed by atoms with van der Waals surface area (Å²) in [6.45, 7) is 2.21. The summed E-state index contributed by atoms with van der Waals surface area (Å²) in [6, 6.07) is 1.72. The van der Waals surface area contributed by atoms with Gasteiger partial charge in [0.2, 0.25) is 0 Å². The quantitative estimate of drug-likeness (QED) is 0.652. The average Bonchev–Trinajstić information content (AvgIpc) is 2.67. The maximum absolute atomic E-state index is 5.52. The van der Waals surface area contributed by atoms with Crippen molar-refractivity contribution in [2.75, 3.05) is 5.73 Å². The molecule has 1 saturated carbocycles. The molecular formula is C8H11N3. The molecule has 0 radical (unpaired) electrons. The Morgan fingerprint density at radius 2 is 2.36 bits per heavy atom. The van der Waals surface area contributed by atoms with E-state index in [2.05, 4.69) is 16.9 Å². The van der Waals surface area contributed by atoms with Crippen LogP contribution in [0, 0.1) is 5.92 Å². The van der Waals surface area contributed by atoms with E-state index >= 15 is 0 Å². The largest absolute Gasteiger partial charge is 0.384 e. The van der Waals surface area contributed by atoms with E-state index in [9.17, 15) is 0 Å². The summed E-state index contributed by atoms with van der Waals surface area (Å²) in [5.41, 5.74) is 5.52. The van der Waals surface area contributed by atoms with Crippen LogP contribution in [0.15, 0.2) is 12.3 Å². The molecular weight excluding hydrogens is 138 g/mol. The Balaban J connectivity index is 2.25. The second-order valence-corrected chi connectivity index (χ2v) is 3.16. The lowest BCUT2D eigenvalue weighted by Gasteiger charge is -1.96. The van der Waals surface area contributed by atoms with Crippen LogP contribution in [0.1, 0.15) is 25.1 Å². The molecule has 0 aromatic carbocycles. The molecule has 3 nitrogen and oxygen atoms in total. The number of hydrogen-bond donors (Lipinski definition) is 1. The van der Waals surface area contributed by atoms with Gasteiger partial charge in [-0.2, -0.15) is 0 Å². The van der Waals surface area contributed by atoms with E-state index in [4.69, 9.17) is 5.73 Å². The summed E-state index contributed by atoms with van der Waals surface area (Å²) >= 11 is 0. The summed E-state index contributed by atoms with van der Waals surface area (Å²) in [5, 5.41) is 0. The van der Waals surface area contributed by atoms with Crippen LogP contribution in [0.3, 0.4) is 0 Å². The van der Waals surface area contributed by atoms with Crippen LogP contribution < -0.4 is 5.73 Å². The van der Waals surface area contributed by atoms with Crippen molar-refractivity contribution in [2.45, 2.75) is 19.3 Å². The monoisotopic (exact) mass is 149 g/mol. The Hall–Kier alpha value is -1.12. The molecule has 0 saturated heterocycles. The molecule has 0 aliphatic heterocycles. The predicted octanol–water partition coefficient (Wildman–Crippen LogP) is 1.18. The first-order valence-corrected chi connectivity index (χ1v) is 3.86. The Morgan fingerprint density at radius 3 is 2.91 bits per heavy atom. The highest BCUT2D eigenvalue weighted by Gasteiger charge is 2.36. The van der Waals surface area contributed by atoms with Crippen LogP contribution in [0.25, 0.3) is 0 Å². The molecule has 0 bridgehead atoms. The molecule has 2 rings (SSSR count). The van der Waals surface area contributed by atoms with Crippen molar-refractivity contribution in [3.8, 4) is 0 Å². The van der Waals surface area contributed by atoms with E-state index < -0.39 is 0 Å². The van der Waals surface area contributed by atoms with Crippen LogP contribution in [0.5, 0.6) is 0 Å². The van der Waals surface area contributed by atoms with Gasteiger partial charge in [-0.1, -0.05) is 6.92 Å². The number of rotatable bonds is 1. The van der Waals surface area contributed by atoms with Crippen LogP contribution in [0.2, 0.25) is 0 Å². The fourth-order valence-corrected chi connectivity index (χ4v) is 1.25. The van der Waals surface area contributed by atoms with Crippen LogP contribution in [-0.4, -0.2) is 9.97 Å². The predicted molar refractivity (Wildman–Crippen MR) is 43.0 cm³/mol. The summed E-state index contributed by atoms with van der Waals surface area (Å²) in [7, 11) is 0. The molecule has 0 spiro atoms. The van der Waals surface area contributed by atoms with Gasteiger partial charge in [0.25, 0.3) is 0 Å². The molecule has 11 heavy (non-hydrogen) atoms. The highest BCUT2D eigenvalue weighted by Crippen LogP contribution is 2.45. The molecule has 1 aromatic heterocycles. The Bertz CT molecular complexity index is 272. The lowest BCUT2D eigenvalue weighted by atomic mass is 10.3. The van der Waals surface area contributed by atoms with E-state index in [-0.39, 0.29) is 0 Å². The van der Waals surface area contributed by atoms with Crippen LogP contribution >= 0.6 is 0 Å². The van der Waals surface area contributed by atoms with Gasteiger partial charge in [0.15, 0.2) is 0 Å². The fraction of sp³-hybridized carbons (Fsp3) is 0.500. The second-order valence-electron chi connectivity index (χ2n) is 3.16. The minimum atomic E-state index is 0.568. The highest BCUT2D eigenvalue weighted by atomic mass is 14.9. The lowest BCUT2D eigenvalue weighted by molar-refractivity contribution is 0.845. The van der Waals surface area contributed by atoms with Crippen LogP contribution in [0.4, 0.5) is 5.82 Å². The maximum Gasteiger partial charge on any atom is 0.134 e. The zero-order valence-corrected chi connectivity index (χ0v) is 6.49. The number of anilines is 1. The molecule has 1 aromatic rings. The van der Waals surface area contributed by atoms with Gasteiger partial charge in [0, 0.05) is 12.1 Å².